The van der Waals surface area contributed by atoms with Crippen molar-refractivity contribution < 1.29 is 0 Å². The number of piperidine rings is 1. The highest BCUT2D eigenvalue weighted by Crippen LogP contribution is 2.51. The average molecular weight is 135 g/mol. The molecule has 3 fully saturated rings. The molecule has 1 saturated carbocycles. The lowest BCUT2D eigenvalue weighted by molar-refractivity contribution is 0.295. The van der Waals surface area contributed by atoms with E-state index in [0.29, 0.717) is 0 Å². The summed E-state index contributed by atoms with van der Waals surface area (Å²) in [7, 11) is 0. The molecule has 0 aromatic heterocycles. The lowest BCUT2D eigenvalue weighted by Crippen LogP contribution is -2.26. The number of rotatable bonds is 0. The summed E-state index contributed by atoms with van der Waals surface area (Å²) in [5.41, 5.74) is 1.51. The third-order valence-corrected chi connectivity index (χ3v) is 3.40. The second-order valence-electron chi connectivity index (χ2n) is 3.96. The van der Waals surface area contributed by atoms with Crippen LogP contribution in [0, 0.1) is 5.92 Å². The molecule has 0 amide bonds. The van der Waals surface area contributed by atoms with E-state index in [1.807, 2.05) is 0 Å². The molecule has 3 aliphatic rings. The molecule has 0 N–H and O–H groups in total. The Balaban J connectivity index is 1.92. The average Bonchev–Trinajstić information content (AvgIpc) is 2.46. The Morgan fingerprint density at radius 2 is 2.30 bits per heavy atom. The van der Waals surface area contributed by atoms with Crippen LogP contribution in [-0.4, -0.2) is 23.5 Å². The molecule has 0 radical (unpaired) electrons. The summed E-state index contributed by atoms with van der Waals surface area (Å²) >= 11 is 0. The second-order valence-corrected chi connectivity index (χ2v) is 3.96. The lowest BCUT2D eigenvalue weighted by atomic mass is 10.1. The highest BCUT2D eigenvalue weighted by molar-refractivity contribution is 5.22. The molecule has 1 aliphatic carbocycles. The van der Waals surface area contributed by atoms with Crippen LogP contribution < -0.4 is 0 Å². The van der Waals surface area contributed by atoms with E-state index in [1.165, 1.54) is 31.4 Å². The first-order chi connectivity index (χ1) is 4.86. The summed E-state index contributed by atoms with van der Waals surface area (Å²) in [5, 5.41) is 0. The minimum absolute atomic E-state index is 0.809. The molecule has 3 unspecified atom stereocenters. The van der Waals surface area contributed by atoms with E-state index in [-0.39, 0.29) is 0 Å². The van der Waals surface area contributed by atoms with Crippen LogP contribution >= 0.6 is 0 Å². The number of hydrogen-bond acceptors (Lipinski definition) is 1. The third kappa shape index (κ3) is 0.485. The summed E-state index contributed by atoms with van der Waals surface area (Å²) < 4.78 is 0. The molecule has 0 bridgehead atoms. The Morgan fingerprint density at radius 1 is 1.40 bits per heavy atom. The molecule has 10 heavy (non-hydrogen) atoms. The van der Waals surface area contributed by atoms with E-state index in [4.69, 9.17) is 0 Å². The number of nitrogens with zero attached hydrogens (tertiary/aromatic N) is 1. The Kier molecular flexibility index (Phi) is 0.791. The lowest BCUT2D eigenvalue weighted by Gasteiger charge is -2.17. The normalized spacial score (nSPS) is 51.2. The summed E-state index contributed by atoms with van der Waals surface area (Å²) in [6.45, 7) is 5.42. The van der Waals surface area contributed by atoms with Crippen molar-refractivity contribution in [2.75, 3.05) is 6.54 Å². The van der Waals surface area contributed by atoms with Crippen LogP contribution in [0.2, 0.25) is 0 Å². The van der Waals surface area contributed by atoms with Crippen molar-refractivity contribution in [2.24, 2.45) is 5.92 Å². The number of fused-ring (bicyclic) bond motifs is 3. The van der Waals surface area contributed by atoms with Crippen molar-refractivity contribution in [3.8, 4) is 0 Å². The Labute approximate surface area is 61.7 Å². The van der Waals surface area contributed by atoms with Gasteiger partial charge in [-0.05, 0) is 25.2 Å². The second kappa shape index (κ2) is 1.48. The maximum atomic E-state index is 4.11. The molecular formula is C9H13N. The zero-order valence-electron chi connectivity index (χ0n) is 6.21. The molecule has 3 rings (SSSR count). The van der Waals surface area contributed by atoms with Crippen molar-refractivity contribution in [3.63, 3.8) is 0 Å². The van der Waals surface area contributed by atoms with Gasteiger partial charge >= 0.3 is 0 Å². The van der Waals surface area contributed by atoms with Gasteiger partial charge in [-0.1, -0.05) is 12.2 Å². The highest BCUT2D eigenvalue weighted by atomic mass is 15.3. The van der Waals surface area contributed by atoms with Crippen molar-refractivity contribution in [1.82, 2.24) is 4.90 Å². The minimum atomic E-state index is 0.809. The van der Waals surface area contributed by atoms with Gasteiger partial charge in [-0.25, -0.2) is 0 Å². The molecule has 2 aliphatic heterocycles. The minimum Gasteiger partial charge on any atom is -0.293 e. The zero-order valence-corrected chi connectivity index (χ0v) is 6.21. The molecule has 2 saturated heterocycles. The maximum absolute atomic E-state index is 4.11. The van der Waals surface area contributed by atoms with Crippen LogP contribution in [0.1, 0.15) is 19.3 Å². The van der Waals surface area contributed by atoms with Crippen LogP contribution in [0.25, 0.3) is 0 Å². The quantitative estimate of drug-likeness (QED) is 0.454. The molecule has 0 spiro atoms. The zero-order chi connectivity index (χ0) is 6.72. The van der Waals surface area contributed by atoms with Gasteiger partial charge in [0.2, 0.25) is 0 Å². The van der Waals surface area contributed by atoms with Crippen LogP contribution in [0.5, 0.6) is 0 Å². The third-order valence-electron chi connectivity index (χ3n) is 3.40. The standard InChI is InChI=1S/C9H13N/c1-6-2-3-10-8(6)4-7-5-9(7)10/h7-9H,1-5H2. The van der Waals surface area contributed by atoms with E-state index < -0.39 is 0 Å². The topological polar surface area (TPSA) is 3.24 Å². The Hall–Kier alpha value is -0.300. The van der Waals surface area contributed by atoms with Crippen molar-refractivity contribution in [3.05, 3.63) is 12.2 Å². The van der Waals surface area contributed by atoms with Crippen molar-refractivity contribution in [2.45, 2.75) is 31.3 Å². The van der Waals surface area contributed by atoms with Gasteiger partial charge in [-0.3, -0.25) is 4.90 Å². The molecule has 54 valence electrons. The smallest absolute Gasteiger partial charge is 0.0311 e. The van der Waals surface area contributed by atoms with Crippen LogP contribution in [0.3, 0.4) is 0 Å². The van der Waals surface area contributed by atoms with Gasteiger partial charge in [0.15, 0.2) is 0 Å². The molecule has 0 aromatic rings. The fourth-order valence-corrected chi connectivity index (χ4v) is 2.71. The van der Waals surface area contributed by atoms with Crippen molar-refractivity contribution >= 4 is 0 Å². The van der Waals surface area contributed by atoms with Crippen LogP contribution in [0.4, 0.5) is 0 Å². The van der Waals surface area contributed by atoms with E-state index in [1.54, 1.807) is 0 Å². The number of hydrogen-bond donors (Lipinski definition) is 0. The van der Waals surface area contributed by atoms with Crippen molar-refractivity contribution in [1.29, 1.82) is 0 Å². The molecule has 2 heterocycles. The van der Waals surface area contributed by atoms with Gasteiger partial charge in [0.1, 0.15) is 0 Å². The fraction of sp³-hybridized carbons (Fsp3) is 0.778. The van der Waals surface area contributed by atoms with E-state index in [9.17, 15) is 0 Å². The molecular weight excluding hydrogens is 122 g/mol. The molecule has 1 nitrogen and oxygen atoms in total. The first-order valence-electron chi connectivity index (χ1n) is 4.29. The van der Waals surface area contributed by atoms with E-state index >= 15 is 0 Å². The SMILES string of the molecule is C=C1CCN2C1CC1CC12. The summed E-state index contributed by atoms with van der Waals surface area (Å²) in [5.74, 6) is 1.07. The van der Waals surface area contributed by atoms with Gasteiger partial charge in [0.25, 0.3) is 0 Å². The fourth-order valence-electron chi connectivity index (χ4n) is 2.71. The Morgan fingerprint density at radius 3 is 3.10 bits per heavy atom. The Bertz CT molecular complexity index is 197. The van der Waals surface area contributed by atoms with Crippen LogP contribution in [0.15, 0.2) is 12.2 Å². The summed E-state index contributed by atoms with van der Waals surface area (Å²) in [4.78, 5) is 2.67. The van der Waals surface area contributed by atoms with E-state index in [2.05, 4.69) is 11.5 Å². The van der Waals surface area contributed by atoms with Gasteiger partial charge in [-0.15, -0.1) is 0 Å². The predicted octanol–water partition coefficient (Wildman–Crippen LogP) is 1.41. The van der Waals surface area contributed by atoms with Crippen LogP contribution in [-0.2, 0) is 0 Å². The van der Waals surface area contributed by atoms with Gasteiger partial charge < -0.3 is 0 Å². The highest BCUT2D eigenvalue weighted by Gasteiger charge is 2.53. The maximum Gasteiger partial charge on any atom is 0.0311 e. The van der Waals surface area contributed by atoms with E-state index in [0.717, 1.165) is 18.0 Å². The molecule has 0 aromatic carbocycles. The summed E-state index contributed by atoms with van der Waals surface area (Å²) in [6, 6.07) is 1.80. The first kappa shape index (κ1) is 5.36. The first-order valence-corrected chi connectivity index (χ1v) is 4.29. The van der Waals surface area contributed by atoms with Gasteiger partial charge in [0.05, 0.1) is 0 Å². The summed E-state index contributed by atoms with van der Waals surface area (Å²) in [6.07, 6.45) is 4.20. The monoisotopic (exact) mass is 135 g/mol. The van der Waals surface area contributed by atoms with Gasteiger partial charge in [0, 0.05) is 18.6 Å². The molecule has 1 heteroatoms. The molecule has 3 atom stereocenters. The largest absolute Gasteiger partial charge is 0.293 e. The van der Waals surface area contributed by atoms with Gasteiger partial charge in [-0.2, -0.15) is 0 Å². The predicted molar refractivity (Wildman–Crippen MR) is 40.8 cm³/mol.